The molecular weight excluding hydrogens is 214 g/mol. The Balaban J connectivity index is 3.14. The number of unbranched alkanes of at least 4 members (excludes halogenated alkanes) is 1. The molecule has 0 rings (SSSR count). The van der Waals surface area contributed by atoms with Crippen molar-refractivity contribution >= 4 is 17.7 Å². The molecule has 0 N–H and O–H groups in total. The monoisotopic (exact) mass is 231 g/mol. The first-order chi connectivity index (χ1) is 7.31. The fourth-order valence-electron chi connectivity index (χ4n) is 0.785. The van der Waals surface area contributed by atoms with Gasteiger partial charge in [-0.15, -0.1) is 11.8 Å². The van der Waals surface area contributed by atoms with Gasteiger partial charge in [0.1, 0.15) is 6.61 Å². The highest BCUT2D eigenvalue weighted by Gasteiger charge is 2.01. The van der Waals surface area contributed by atoms with Gasteiger partial charge < -0.3 is 9.47 Å². The lowest BCUT2D eigenvalue weighted by Gasteiger charge is -2.04. The van der Waals surface area contributed by atoms with Gasteiger partial charge in [0.25, 0.3) is 0 Å². The number of nitrogens with zero attached hydrogens (tertiary/aromatic N) is 1. The van der Waals surface area contributed by atoms with Crippen molar-refractivity contribution in [1.29, 1.82) is 5.26 Å². The maximum Gasteiger partial charge on any atom is 0.316 e. The fraction of sp³-hybridized carbons (Fsp3) is 0.800. The molecular formula is C10H17NO3S. The molecule has 5 heteroatoms. The number of rotatable bonds is 9. The summed E-state index contributed by atoms with van der Waals surface area (Å²) >= 11 is 1.26. The standard InChI is InChI=1S/C10H17NO3S/c1-2-3-5-13-6-7-14-10(12)9-15-8-4-11/h2-3,5-9H2,1H3. The SMILES string of the molecule is CCCCOCCOC(=O)CSCC#N. The number of hydrogen-bond acceptors (Lipinski definition) is 5. The van der Waals surface area contributed by atoms with Crippen molar-refractivity contribution in [2.45, 2.75) is 19.8 Å². The second-order valence-electron chi connectivity index (χ2n) is 2.84. The number of carbonyl (C=O) groups excluding carboxylic acids is 1. The summed E-state index contributed by atoms with van der Waals surface area (Å²) in [5.41, 5.74) is 0. The molecule has 86 valence electrons. The van der Waals surface area contributed by atoms with Crippen LogP contribution in [0.5, 0.6) is 0 Å². The summed E-state index contributed by atoms with van der Waals surface area (Å²) in [6, 6.07) is 1.94. The number of ether oxygens (including phenoxy) is 2. The highest BCUT2D eigenvalue weighted by atomic mass is 32.2. The smallest absolute Gasteiger partial charge is 0.316 e. The predicted molar refractivity (Wildman–Crippen MR) is 59.6 cm³/mol. The Kier molecular flexibility index (Phi) is 10.8. The van der Waals surface area contributed by atoms with Crippen LogP contribution in [0.3, 0.4) is 0 Å². The van der Waals surface area contributed by atoms with Crippen LogP contribution in [-0.4, -0.2) is 37.3 Å². The zero-order valence-electron chi connectivity index (χ0n) is 9.03. The molecule has 0 bridgehead atoms. The number of carbonyl (C=O) groups is 1. The first kappa shape index (κ1) is 14.3. The van der Waals surface area contributed by atoms with E-state index in [-0.39, 0.29) is 11.7 Å². The molecule has 0 aliphatic rings. The van der Waals surface area contributed by atoms with E-state index in [0.29, 0.717) is 19.0 Å². The van der Waals surface area contributed by atoms with Crippen molar-refractivity contribution in [2.75, 3.05) is 31.3 Å². The van der Waals surface area contributed by atoms with Crippen LogP contribution in [0.2, 0.25) is 0 Å². The summed E-state index contributed by atoms with van der Waals surface area (Å²) in [5.74, 6) is 0.277. The van der Waals surface area contributed by atoms with Crippen LogP contribution in [0.15, 0.2) is 0 Å². The predicted octanol–water partition coefficient (Wildman–Crippen LogP) is 1.60. The van der Waals surface area contributed by atoms with E-state index >= 15 is 0 Å². The third kappa shape index (κ3) is 11.2. The molecule has 0 radical (unpaired) electrons. The summed E-state index contributed by atoms with van der Waals surface area (Å²) in [6.07, 6.45) is 2.14. The van der Waals surface area contributed by atoms with Crippen molar-refractivity contribution in [2.24, 2.45) is 0 Å². The van der Waals surface area contributed by atoms with Gasteiger partial charge in [-0.2, -0.15) is 5.26 Å². The summed E-state index contributed by atoms with van der Waals surface area (Å²) in [7, 11) is 0. The van der Waals surface area contributed by atoms with Crippen LogP contribution in [0.4, 0.5) is 0 Å². The molecule has 0 unspecified atom stereocenters. The van der Waals surface area contributed by atoms with E-state index in [0.717, 1.165) is 19.4 Å². The quantitative estimate of drug-likeness (QED) is 0.445. The van der Waals surface area contributed by atoms with Crippen LogP contribution >= 0.6 is 11.8 Å². The van der Waals surface area contributed by atoms with E-state index in [9.17, 15) is 4.79 Å². The van der Waals surface area contributed by atoms with Gasteiger partial charge in [0.15, 0.2) is 0 Å². The normalized spacial score (nSPS) is 9.60. The van der Waals surface area contributed by atoms with Gasteiger partial charge >= 0.3 is 5.97 Å². The number of nitriles is 1. The Morgan fingerprint density at radius 1 is 1.40 bits per heavy atom. The van der Waals surface area contributed by atoms with Crippen LogP contribution in [0.1, 0.15) is 19.8 Å². The average Bonchev–Trinajstić information content (AvgIpc) is 2.23. The van der Waals surface area contributed by atoms with Crippen LogP contribution in [-0.2, 0) is 14.3 Å². The van der Waals surface area contributed by atoms with Gasteiger partial charge in [-0.3, -0.25) is 4.79 Å². The molecule has 4 nitrogen and oxygen atoms in total. The lowest BCUT2D eigenvalue weighted by atomic mass is 10.4. The Morgan fingerprint density at radius 3 is 2.87 bits per heavy atom. The zero-order valence-corrected chi connectivity index (χ0v) is 9.85. The lowest BCUT2D eigenvalue weighted by Crippen LogP contribution is -2.12. The molecule has 0 saturated carbocycles. The lowest BCUT2D eigenvalue weighted by molar-refractivity contribution is -0.141. The molecule has 0 aliphatic heterocycles. The molecule has 0 atom stereocenters. The van der Waals surface area contributed by atoms with Crippen LogP contribution in [0, 0.1) is 11.3 Å². The van der Waals surface area contributed by atoms with Crippen molar-refractivity contribution in [3.8, 4) is 6.07 Å². The van der Waals surface area contributed by atoms with E-state index < -0.39 is 0 Å². The molecule has 0 spiro atoms. The average molecular weight is 231 g/mol. The number of thioether (sulfide) groups is 1. The van der Waals surface area contributed by atoms with E-state index in [4.69, 9.17) is 14.7 Å². The van der Waals surface area contributed by atoms with E-state index in [1.165, 1.54) is 11.8 Å². The van der Waals surface area contributed by atoms with E-state index in [2.05, 4.69) is 6.92 Å². The summed E-state index contributed by atoms with van der Waals surface area (Å²) in [4.78, 5) is 11.0. The third-order valence-electron chi connectivity index (χ3n) is 1.52. The Labute approximate surface area is 94.9 Å². The zero-order chi connectivity index (χ0) is 11.4. The maximum absolute atomic E-state index is 11.0. The topological polar surface area (TPSA) is 59.3 Å². The van der Waals surface area contributed by atoms with Gasteiger partial charge in [0, 0.05) is 6.61 Å². The van der Waals surface area contributed by atoms with Crippen LogP contribution < -0.4 is 0 Å². The minimum atomic E-state index is -0.283. The molecule has 0 heterocycles. The van der Waals surface area contributed by atoms with E-state index in [1.54, 1.807) is 0 Å². The Bertz CT molecular complexity index is 203. The summed E-state index contributed by atoms with van der Waals surface area (Å²) in [5, 5.41) is 8.23. The van der Waals surface area contributed by atoms with Gasteiger partial charge in [0.05, 0.1) is 24.2 Å². The Hall–Kier alpha value is -0.730. The minimum Gasteiger partial charge on any atom is -0.463 e. The molecule has 0 aromatic carbocycles. The summed E-state index contributed by atoms with van der Waals surface area (Å²) < 4.78 is 10.1. The maximum atomic E-state index is 11.0. The van der Waals surface area contributed by atoms with Gasteiger partial charge in [-0.1, -0.05) is 13.3 Å². The van der Waals surface area contributed by atoms with Crippen molar-refractivity contribution in [3.63, 3.8) is 0 Å². The Morgan fingerprint density at radius 2 is 2.20 bits per heavy atom. The molecule has 0 aromatic rings. The van der Waals surface area contributed by atoms with Crippen molar-refractivity contribution < 1.29 is 14.3 Å². The molecule has 0 saturated heterocycles. The van der Waals surface area contributed by atoms with Crippen LogP contribution in [0.25, 0.3) is 0 Å². The van der Waals surface area contributed by atoms with Gasteiger partial charge in [-0.05, 0) is 6.42 Å². The minimum absolute atomic E-state index is 0.239. The second-order valence-corrected chi connectivity index (χ2v) is 3.82. The highest BCUT2D eigenvalue weighted by Crippen LogP contribution is 1.98. The number of esters is 1. The van der Waals surface area contributed by atoms with E-state index in [1.807, 2.05) is 6.07 Å². The highest BCUT2D eigenvalue weighted by molar-refractivity contribution is 8.00. The first-order valence-corrected chi connectivity index (χ1v) is 6.14. The largest absolute Gasteiger partial charge is 0.463 e. The van der Waals surface area contributed by atoms with Crippen molar-refractivity contribution in [3.05, 3.63) is 0 Å². The first-order valence-electron chi connectivity index (χ1n) is 4.99. The summed E-state index contributed by atoms with van der Waals surface area (Å²) in [6.45, 7) is 3.57. The van der Waals surface area contributed by atoms with Gasteiger partial charge in [-0.25, -0.2) is 0 Å². The number of hydrogen-bond donors (Lipinski definition) is 0. The van der Waals surface area contributed by atoms with Gasteiger partial charge in [0.2, 0.25) is 0 Å². The third-order valence-corrected chi connectivity index (χ3v) is 2.29. The second kappa shape index (κ2) is 11.3. The molecule has 0 fully saturated rings. The van der Waals surface area contributed by atoms with Crippen molar-refractivity contribution in [1.82, 2.24) is 0 Å². The molecule has 0 amide bonds. The molecule has 0 aromatic heterocycles. The molecule has 15 heavy (non-hydrogen) atoms. The fourth-order valence-corrected chi connectivity index (χ4v) is 1.23. The molecule has 0 aliphatic carbocycles.